The molecule has 4 heterocycles. The van der Waals surface area contributed by atoms with E-state index in [1.807, 2.05) is 0 Å². The fourth-order valence-electron chi connectivity index (χ4n) is 12.2. The summed E-state index contributed by atoms with van der Waals surface area (Å²) in [5.74, 6) is -17.2. The Morgan fingerprint density at radius 1 is 0.548 bits per heavy atom. The first-order valence-electron chi connectivity index (χ1n) is 34.5. The van der Waals surface area contributed by atoms with E-state index in [4.69, 9.17) is 17.2 Å². The normalized spacial score (nSPS) is 17.8. The fraction of sp³-hybridized carbons (Fsp3) is 0.606. The van der Waals surface area contributed by atoms with Crippen molar-refractivity contribution in [3.05, 3.63) is 54.1 Å². The minimum absolute atomic E-state index is 0.0248. The van der Waals surface area contributed by atoms with Gasteiger partial charge in [0.1, 0.15) is 60.4 Å². The van der Waals surface area contributed by atoms with Gasteiger partial charge in [-0.2, -0.15) is 0 Å². The predicted octanol–water partition coefficient (Wildman–Crippen LogP) is -5.63. The molecule has 0 spiro atoms. The maximum absolute atomic E-state index is 14.7. The van der Waals surface area contributed by atoms with E-state index < -0.39 is 205 Å². The van der Waals surface area contributed by atoms with Crippen LogP contribution in [0.5, 0.6) is 0 Å². The summed E-state index contributed by atoms with van der Waals surface area (Å²) in [6.07, 6.45) is 1.76. The number of amides is 14. The van der Waals surface area contributed by atoms with Crippen LogP contribution in [-0.4, -0.2) is 253 Å². The molecule has 38 heteroatoms. The highest BCUT2D eigenvalue weighted by Gasteiger charge is 2.45. The number of aliphatic carboxylic acids is 3. The number of imidazole rings is 1. The van der Waals surface area contributed by atoms with Gasteiger partial charge in [0.15, 0.2) is 0 Å². The molecule has 0 aliphatic carbocycles. The number of hydrogen-bond donors (Lipinski definition) is 17. The third-order valence-corrected chi connectivity index (χ3v) is 17.5. The summed E-state index contributed by atoms with van der Waals surface area (Å²) in [5.41, 5.74) is 17.4. The molecular weight excluding hydrogens is 1360 g/mol. The van der Waals surface area contributed by atoms with Crippen LogP contribution in [0.4, 0.5) is 0 Å². The average molecular weight is 1460 g/mol. The van der Waals surface area contributed by atoms with Gasteiger partial charge in [-0.15, -0.1) is 0 Å². The average Bonchev–Trinajstić information content (AvgIpc) is 1.62. The van der Waals surface area contributed by atoms with Crippen LogP contribution < -0.4 is 70.4 Å². The van der Waals surface area contributed by atoms with Crippen LogP contribution in [0.2, 0.25) is 0 Å². The second kappa shape index (κ2) is 41.4. The minimum atomic E-state index is -1.89. The van der Waals surface area contributed by atoms with E-state index in [9.17, 15) is 96.8 Å². The van der Waals surface area contributed by atoms with Crippen molar-refractivity contribution < 1.29 is 96.8 Å². The summed E-state index contributed by atoms with van der Waals surface area (Å²) < 4.78 is 0. The molecule has 38 nitrogen and oxygen atoms in total. The van der Waals surface area contributed by atoms with Crippen molar-refractivity contribution in [2.75, 3.05) is 45.8 Å². The van der Waals surface area contributed by atoms with E-state index in [0.717, 1.165) is 4.90 Å². The van der Waals surface area contributed by atoms with Gasteiger partial charge in [-0.3, -0.25) is 76.7 Å². The first-order valence-corrected chi connectivity index (χ1v) is 34.5. The van der Waals surface area contributed by atoms with Crippen LogP contribution in [0.1, 0.15) is 129 Å². The van der Waals surface area contributed by atoms with E-state index in [1.165, 1.54) is 22.3 Å². The van der Waals surface area contributed by atoms with Gasteiger partial charge in [0, 0.05) is 45.1 Å². The fourth-order valence-corrected chi connectivity index (χ4v) is 12.2. The topological polar surface area (TPSA) is 588 Å². The minimum Gasteiger partial charge on any atom is -0.481 e. The Morgan fingerprint density at radius 3 is 1.63 bits per heavy atom. The van der Waals surface area contributed by atoms with Gasteiger partial charge in [-0.25, -0.2) is 9.78 Å². The zero-order chi connectivity index (χ0) is 76.9. The van der Waals surface area contributed by atoms with Crippen molar-refractivity contribution in [3.8, 4) is 0 Å². The summed E-state index contributed by atoms with van der Waals surface area (Å²) in [7, 11) is 0. The third kappa shape index (κ3) is 26.6. The lowest BCUT2D eigenvalue weighted by Crippen LogP contribution is -2.60. The number of carboxylic acid groups (broad SMARTS) is 3. The summed E-state index contributed by atoms with van der Waals surface area (Å²) in [6.45, 7) is 4.84. The molecule has 5 rings (SSSR count). The van der Waals surface area contributed by atoms with Crippen LogP contribution in [0.15, 0.2) is 42.9 Å². The number of aromatic nitrogens is 2. The Hall–Kier alpha value is -10.7. The number of nitrogens with two attached hydrogens (primary N) is 3. The molecule has 11 atom stereocenters. The third-order valence-electron chi connectivity index (χ3n) is 17.5. The Labute approximate surface area is 599 Å². The summed E-state index contributed by atoms with van der Waals surface area (Å²) in [5, 5.41) is 53.8. The summed E-state index contributed by atoms with van der Waals surface area (Å²) >= 11 is 0. The van der Waals surface area contributed by atoms with Gasteiger partial charge in [-0.1, -0.05) is 58.0 Å². The number of aromatic amines is 1. The van der Waals surface area contributed by atoms with E-state index >= 15 is 0 Å². The molecule has 572 valence electrons. The quantitative estimate of drug-likeness (QED) is 0.0276. The smallest absolute Gasteiger partial charge is 0.326 e. The number of unbranched alkanes of at least 4 members (excludes halogenated alkanes) is 1. The number of nitrogens with one attached hydrogen (secondary N) is 11. The lowest BCUT2D eigenvalue weighted by Gasteiger charge is -2.33. The number of carbonyl (C=O) groups excluding carboxylic acids is 14. The Bertz CT molecular complexity index is 3390. The van der Waals surface area contributed by atoms with Crippen molar-refractivity contribution >= 4 is 101 Å². The van der Waals surface area contributed by atoms with Crippen molar-refractivity contribution in [2.24, 2.45) is 29.0 Å². The second-order valence-electron chi connectivity index (χ2n) is 26.5. The van der Waals surface area contributed by atoms with Gasteiger partial charge in [0.2, 0.25) is 82.7 Å². The van der Waals surface area contributed by atoms with Gasteiger partial charge < -0.3 is 105 Å². The molecule has 14 amide bonds. The molecule has 3 saturated heterocycles. The highest BCUT2D eigenvalue weighted by Crippen LogP contribution is 2.27. The molecule has 20 N–H and O–H groups in total. The molecule has 0 saturated carbocycles. The van der Waals surface area contributed by atoms with Crippen LogP contribution >= 0.6 is 0 Å². The van der Waals surface area contributed by atoms with Gasteiger partial charge in [0.05, 0.1) is 50.5 Å². The molecule has 3 aliphatic heterocycles. The highest BCUT2D eigenvalue weighted by molar-refractivity contribution is 6.01. The number of rotatable bonds is 42. The zero-order valence-electron chi connectivity index (χ0n) is 58.6. The van der Waals surface area contributed by atoms with Gasteiger partial charge in [-0.05, 0) is 94.6 Å². The standard InChI is InChI=1S/C66H98N18O20/c1-35(2)25-44(63(100)84-24-12-18-48(84)65(102)83-23-10-16-46(83)61(98)73-33-52(88)81-55(36(3)4)66(103)104)80-60(97)43(28-53(89)90)78-59(96)41(26-37-13-6-5-7-14-37)77-58(95)40(15-8-9-21-67)75-50(86)32-72-57(94)42(27-38-30-70-34-74-38)79-62(99)47-17-11-22-82(47)64(101)45(29-54(91)92)76-51(87)31-71-56(93)39(68)19-20-49(69)85/h5-7,13-14,30,34-36,39-48,55H,8-12,15-29,31-33,67-68H2,1-4H3,(H2,69,85)(H,70,74)(H,71,93)(H,72,94)(H,73,98)(H,75,86)(H,76,87)(H,77,95)(H,78,96)(H,79,99)(H,80,97)(H,81,88)(H,89,90)(H,91,92)(H,103,104)/t39-,40-,41-,42-,43-,44-,45-,46-,47-,48-,55-/m0/s1. The largest absolute Gasteiger partial charge is 0.481 e. The number of H-pyrrole nitrogens is 1. The number of benzene rings is 1. The monoisotopic (exact) mass is 1460 g/mol. The molecule has 3 fully saturated rings. The van der Waals surface area contributed by atoms with Crippen LogP contribution in [0.3, 0.4) is 0 Å². The van der Waals surface area contributed by atoms with Crippen molar-refractivity contribution in [1.82, 2.24) is 77.8 Å². The molecule has 1 aromatic heterocycles. The molecule has 1 aromatic carbocycles. The molecule has 0 bridgehead atoms. The molecular formula is C66H98N18O20. The van der Waals surface area contributed by atoms with E-state index in [2.05, 4.69) is 63.1 Å². The molecule has 104 heavy (non-hydrogen) atoms. The Morgan fingerprint density at radius 2 is 1.06 bits per heavy atom. The van der Waals surface area contributed by atoms with E-state index in [-0.39, 0.29) is 108 Å². The maximum Gasteiger partial charge on any atom is 0.326 e. The first-order chi connectivity index (χ1) is 49.3. The van der Waals surface area contributed by atoms with Crippen LogP contribution in [-0.2, 0) is 94.3 Å². The zero-order valence-corrected chi connectivity index (χ0v) is 58.6. The van der Waals surface area contributed by atoms with E-state index in [0.29, 0.717) is 24.8 Å². The summed E-state index contributed by atoms with van der Waals surface area (Å²) in [6, 6.07) is -7.18. The number of carboxylic acids is 3. The van der Waals surface area contributed by atoms with Crippen molar-refractivity contribution in [2.45, 2.75) is 197 Å². The SMILES string of the molecule is CC(C)C[C@H](NC(=O)[C@H](CC(=O)O)NC(=O)[C@H](Cc1ccccc1)NC(=O)[C@H](CCCCN)NC(=O)CNC(=O)[C@H](Cc1c[nH]cn1)NC(=O)[C@@H]1CCCN1C(=O)[C@H](CC(=O)O)NC(=O)CNC(=O)[C@@H](N)CCC(N)=O)C(=O)N1CCC[C@H]1C(=O)N1CCC[C@H]1C(=O)NCC(=O)N[C@H](C(=O)O)C(C)C. The first kappa shape index (κ1) is 84.0. The van der Waals surface area contributed by atoms with Gasteiger partial charge in [0.25, 0.3) is 0 Å². The molecule has 0 unspecified atom stereocenters. The van der Waals surface area contributed by atoms with Crippen LogP contribution in [0, 0.1) is 11.8 Å². The van der Waals surface area contributed by atoms with Crippen molar-refractivity contribution in [3.63, 3.8) is 0 Å². The number of primary amides is 1. The molecule has 2 aromatic rings. The number of hydrogen-bond acceptors (Lipinski definition) is 20. The van der Waals surface area contributed by atoms with Crippen molar-refractivity contribution in [1.29, 1.82) is 0 Å². The number of nitrogens with zero attached hydrogens (tertiary/aromatic N) is 4. The maximum atomic E-state index is 14.7. The lowest BCUT2D eigenvalue weighted by atomic mass is 10.0. The number of likely N-dealkylation sites (tertiary alicyclic amines) is 3. The number of carbonyl (C=O) groups is 17. The van der Waals surface area contributed by atoms with E-state index in [1.54, 1.807) is 58.0 Å². The predicted molar refractivity (Wildman–Crippen MR) is 365 cm³/mol. The van der Waals surface area contributed by atoms with Crippen LogP contribution in [0.25, 0.3) is 0 Å². The Balaban J connectivity index is 1.28. The molecule has 3 aliphatic rings. The Kier molecular flexibility index (Phi) is 33.5. The van der Waals surface area contributed by atoms with Gasteiger partial charge >= 0.3 is 17.9 Å². The second-order valence-corrected chi connectivity index (χ2v) is 26.5. The summed E-state index contributed by atoms with van der Waals surface area (Å²) in [4.78, 5) is 238. The lowest BCUT2D eigenvalue weighted by molar-refractivity contribution is -0.148. The highest BCUT2D eigenvalue weighted by atomic mass is 16.4. The molecule has 0 radical (unpaired) electrons.